The van der Waals surface area contributed by atoms with E-state index < -0.39 is 10.9 Å². The fraction of sp³-hybridized carbons (Fsp3) is 0.0476. The van der Waals surface area contributed by atoms with Gasteiger partial charge in [0.25, 0.3) is 5.69 Å². The zero-order valence-electron chi connectivity index (χ0n) is 15.8. The van der Waals surface area contributed by atoms with Crippen molar-refractivity contribution in [2.75, 3.05) is 0 Å². The van der Waals surface area contributed by atoms with Crippen LogP contribution in [0.5, 0.6) is 5.75 Å². The fourth-order valence-corrected chi connectivity index (χ4v) is 2.84. The molecule has 10 heteroatoms. The molecule has 3 rings (SSSR count). The number of nitro groups is 1. The number of hydrogen-bond acceptors (Lipinski definition) is 6. The molecule has 0 aliphatic carbocycles. The highest BCUT2D eigenvalue weighted by Crippen LogP contribution is 2.32. The Morgan fingerprint density at radius 1 is 1.03 bits per heavy atom. The molecule has 0 heterocycles. The lowest BCUT2D eigenvalue weighted by atomic mass is 10.1. The summed E-state index contributed by atoms with van der Waals surface area (Å²) in [5.74, 6) is -0.409. The summed E-state index contributed by atoms with van der Waals surface area (Å²) < 4.78 is 5.66. The highest BCUT2D eigenvalue weighted by molar-refractivity contribution is 6.42. The van der Waals surface area contributed by atoms with Gasteiger partial charge in [-0.3, -0.25) is 10.1 Å². The molecule has 0 unspecified atom stereocenters. The quantitative estimate of drug-likeness (QED) is 0.175. The molecule has 0 fully saturated rings. The standard InChI is InChI=1S/C21H15Cl2N3O5/c22-17-5-2-6-18(19(17)23)30-12-13-3-1-4-15(11-13)21(27)31-25-20(24)14-7-9-16(10-8-14)26(28)29/h1-11H,12H2,(H2,24,25). The van der Waals surface area contributed by atoms with Crippen molar-refractivity contribution in [3.63, 3.8) is 0 Å². The average molecular weight is 460 g/mol. The Balaban J connectivity index is 1.64. The molecule has 0 aliphatic heterocycles. The molecule has 0 amide bonds. The second kappa shape index (κ2) is 9.92. The van der Waals surface area contributed by atoms with Crippen LogP contribution in [0.25, 0.3) is 0 Å². The van der Waals surface area contributed by atoms with Crippen molar-refractivity contribution in [2.45, 2.75) is 6.61 Å². The lowest BCUT2D eigenvalue weighted by molar-refractivity contribution is -0.384. The van der Waals surface area contributed by atoms with Gasteiger partial charge in [0, 0.05) is 17.7 Å². The van der Waals surface area contributed by atoms with E-state index in [2.05, 4.69) is 5.16 Å². The maximum atomic E-state index is 12.3. The van der Waals surface area contributed by atoms with E-state index in [-0.39, 0.29) is 23.7 Å². The number of amidine groups is 1. The van der Waals surface area contributed by atoms with Crippen LogP contribution >= 0.6 is 23.2 Å². The number of oxime groups is 1. The fourth-order valence-electron chi connectivity index (χ4n) is 2.49. The third kappa shape index (κ3) is 5.71. The van der Waals surface area contributed by atoms with E-state index in [1.807, 2.05) is 0 Å². The lowest BCUT2D eigenvalue weighted by Gasteiger charge is -2.09. The van der Waals surface area contributed by atoms with E-state index in [0.717, 1.165) is 0 Å². The van der Waals surface area contributed by atoms with Gasteiger partial charge in [0.05, 0.1) is 15.5 Å². The Morgan fingerprint density at radius 3 is 2.45 bits per heavy atom. The summed E-state index contributed by atoms with van der Waals surface area (Å²) in [6.45, 7) is 0.148. The van der Waals surface area contributed by atoms with Gasteiger partial charge in [0.2, 0.25) is 0 Å². The summed E-state index contributed by atoms with van der Waals surface area (Å²) in [4.78, 5) is 27.3. The van der Waals surface area contributed by atoms with Crippen LogP contribution in [0.4, 0.5) is 5.69 Å². The zero-order valence-corrected chi connectivity index (χ0v) is 17.3. The molecule has 0 saturated carbocycles. The molecule has 158 valence electrons. The number of nitro benzene ring substituents is 1. The van der Waals surface area contributed by atoms with Crippen molar-refractivity contribution in [3.05, 3.63) is 104 Å². The number of carbonyl (C=O) groups is 1. The Kier molecular flexibility index (Phi) is 7.07. The van der Waals surface area contributed by atoms with Gasteiger partial charge < -0.3 is 15.3 Å². The number of rotatable bonds is 7. The van der Waals surface area contributed by atoms with E-state index in [4.69, 9.17) is 38.5 Å². The number of benzene rings is 3. The maximum absolute atomic E-state index is 12.3. The van der Waals surface area contributed by atoms with Crippen molar-refractivity contribution in [3.8, 4) is 5.75 Å². The van der Waals surface area contributed by atoms with Crippen molar-refractivity contribution < 1.29 is 19.3 Å². The van der Waals surface area contributed by atoms with Gasteiger partial charge in [-0.2, -0.15) is 0 Å². The molecule has 0 atom stereocenters. The highest BCUT2D eigenvalue weighted by atomic mass is 35.5. The number of nitrogens with zero attached hydrogens (tertiary/aromatic N) is 2. The first-order valence-electron chi connectivity index (χ1n) is 8.80. The molecule has 0 saturated heterocycles. The number of carbonyl (C=O) groups excluding carboxylic acids is 1. The van der Waals surface area contributed by atoms with Crippen LogP contribution in [0.1, 0.15) is 21.5 Å². The second-order valence-corrected chi connectivity index (χ2v) is 6.99. The monoisotopic (exact) mass is 459 g/mol. The normalized spacial score (nSPS) is 11.1. The maximum Gasteiger partial charge on any atom is 0.365 e. The largest absolute Gasteiger partial charge is 0.487 e. The van der Waals surface area contributed by atoms with Gasteiger partial charge in [-0.25, -0.2) is 4.79 Å². The van der Waals surface area contributed by atoms with Crippen molar-refractivity contribution in [2.24, 2.45) is 10.9 Å². The topological polar surface area (TPSA) is 117 Å². The van der Waals surface area contributed by atoms with Gasteiger partial charge >= 0.3 is 5.97 Å². The number of halogens is 2. The molecule has 3 aromatic rings. The van der Waals surface area contributed by atoms with Crippen LogP contribution in [0.3, 0.4) is 0 Å². The van der Waals surface area contributed by atoms with Crippen molar-refractivity contribution in [1.82, 2.24) is 0 Å². The van der Waals surface area contributed by atoms with E-state index in [1.54, 1.807) is 42.5 Å². The molecule has 8 nitrogen and oxygen atoms in total. The summed E-state index contributed by atoms with van der Waals surface area (Å²) in [6.07, 6.45) is 0. The van der Waals surface area contributed by atoms with Crippen LogP contribution in [0, 0.1) is 10.1 Å². The van der Waals surface area contributed by atoms with Crippen LogP contribution in [0.15, 0.2) is 71.9 Å². The third-order valence-corrected chi connectivity index (χ3v) is 4.88. The van der Waals surface area contributed by atoms with Crippen LogP contribution in [-0.4, -0.2) is 16.7 Å². The molecule has 0 radical (unpaired) electrons. The Labute approximate surface area is 186 Å². The SMILES string of the molecule is N/C(=N\OC(=O)c1cccc(COc2cccc(Cl)c2Cl)c1)c1ccc([N+](=O)[O-])cc1. The average Bonchev–Trinajstić information content (AvgIpc) is 2.78. The summed E-state index contributed by atoms with van der Waals surface area (Å²) in [5.41, 5.74) is 6.99. The first-order valence-corrected chi connectivity index (χ1v) is 9.56. The van der Waals surface area contributed by atoms with Crippen molar-refractivity contribution in [1.29, 1.82) is 0 Å². The van der Waals surface area contributed by atoms with E-state index in [1.165, 1.54) is 24.3 Å². The highest BCUT2D eigenvalue weighted by Gasteiger charge is 2.11. The molecule has 31 heavy (non-hydrogen) atoms. The third-order valence-electron chi connectivity index (χ3n) is 4.07. The van der Waals surface area contributed by atoms with Gasteiger partial charge in [-0.15, -0.1) is 0 Å². The molecular weight excluding hydrogens is 445 g/mol. The Bertz CT molecular complexity index is 1150. The molecule has 0 spiro atoms. The summed E-state index contributed by atoms with van der Waals surface area (Å²) in [6, 6.07) is 17.0. The van der Waals surface area contributed by atoms with E-state index >= 15 is 0 Å². The summed E-state index contributed by atoms with van der Waals surface area (Å²) in [7, 11) is 0. The molecule has 3 aromatic carbocycles. The second-order valence-electron chi connectivity index (χ2n) is 6.20. The minimum atomic E-state index is -0.729. The number of nitrogens with two attached hydrogens (primary N) is 1. The molecule has 0 aliphatic rings. The predicted octanol–water partition coefficient (Wildman–Crippen LogP) is 4.96. The van der Waals surface area contributed by atoms with Gasteiger partial charge in [-0.1, -0.05) is 46.6 Å². The molecule has 0 bridgehead atoms. The van der Waals surface area contributed by atoms with Gasteiger partial charge in [0.15, 0.2) is 5.84 Å². The first-order chi connectivity index (χ1) is 14.8. The zero-order chi connectivity index (χ0) is 22.4. The number of hydrogen-bond donors (Lipinski definition) is 1. The molecular formula is C21H15Cl2N3O5. The van der Waals surface area contributed by atoms with Crippen LogP contribution in [0.2, 0.25) is 10.0 Å². The summed E-state index contributed by atoms with van der Waals surface area (Å²) in [5, 5.41) is 15.0. The van der Waals surface area contributed by atoms with Gasteiger partial charge in [0.1, 0.15) is 17.4 Å². The van der Waals surface area contributed by atoms with Crippen LogP contribution in [-0.2, 0) is 11.4 Å². The lowest BCUT2D eigenvalue weighted by Crippen LogP contribution is -2.15. The Morgan fingerprint density at radius 2 is 1.74 bits per heavy atom. The Hall–Kier alpha value is -3.62. The smallest absolute Gasteiger partial charge is 0.365 e. The number of non-ortho nitro benzene ring substituents is 1. The minimum Gasteiger partial charge on any atom is -0.487 e. The summed E-state index contributed by atoms with van der Waals surface area (Å²) >= 11 is 12.1. The molecule has 0 aromatic heterocycles. The molecule has 2 N–H and O–H groups in total. The minimum absolute atomic E-state index is 0.0911. The predicted molar refractivity (Wildman–Crippen MR) is 116 cm³/mol. The van der Waals surface area contributed by atoms with Crippen LogP contribution < -0.4 is 10.5 Å². The van der Waals surface area contributed by atoms with Crippen molar-refractivity contribution >= 4 is 40.7 Å². The first kappa shape index (κ1) is 22.1. The van der Waals surface area contributed by atoms with E-state index in [0.29, 0.717) is 26.9 Å². The van der Waals surface area contributed by atoms with Gasteiger partial charge in [-0.05, 0) is 42.0 Å². The number of ether oxygens (including phenoxy) is 1. The van der Waals surface area contributed by atoms with E-state index in [9.17, 15) is 14.9 Å².